The molecule has 0 aliphatic heterocycles. The molecule has 1 aromatic carbocycles. The summed E-state index contributed by atoms with van der Waals surface area (Å²) in [5, 5.41) is 18.8. The molecule has 0 unspecified atom stereocenters. The largest absolute Gasteiger partial charge is 0.490 e. The molecule has 142 valence electrons. The Hall–Kier alpha value is -1.83. The van der Waals surface area contributed by atoms with Crippen molar-refractivity contribution in [3.63, 3.8) is 0 Å². The Labute approximate surface area is 152 Å². The van der Waals surface area contributed by atoms with Crippen LogP contribution in [0.1, 0.15) is 26.3 Å². The number of carboxylic acids is 2. The average molecular weight is 376 g/mol. The van der Waals surface area contributed by atoms with E-state index in [0.717, 1.165) is 17.9 Å². The molecule has 0 radical (unpaired) electrons. The fourth-order valence-corrected chi connectivity index (χ4v) is 1.70. The maximum atomic E-state index is 9.10. The van der Waals surface area contributed by atoms with Crippen molar-refractivity contribution in [1.82, 2.24) is 5.32 Å². The maximum absolute atomic E-state index is 9.10. The smallest absolute Gasteiger partial charge is 0.414 e. The molecule has 0 amide bonds. The SMILES string of the molecule is Cc1ccc(Cl)c(OCCOCCNC(C)(C)C)c1.O=C(O)C(=O)O. The van der Waals surface area contributed by atoms with Gasteiger partial charge in [0.05, 0.1) is 18.2 Å². The van der Waals surface area contributed by atoms with Gasteiger partial charge in [0.15, 0.2) is 0 Å². The lowest BCUT2D eigenvalue weighted by Gasteiger charge is -2.20. The molecule has 0 saturated heterocycles. The summed E-state index contributed by atoms with van der Waals surface area (Å²) < 4.78 is 11.1. The number of carboxylic acid groups (broad SMARTS) is 2. The van der Waals surface area contributed by atoms with Crippen LogP contribution < -0.4 is 10.1 Å². The molecule has 8 heteroatoms. The Morgan fingerprint density at radius 2 is 1.72 bits per heavy atom. The van der Waals surface area contributed by atoms with Crippen LogP contribution in [0.15, 0.2) is 18.2 Å². The predicted molar refractivity (Wildman–Crippen MR) is 95.5 cm³/mol. The minimum Gasteiger partial charge on any atom is -0.490 e. The number of rotatable bonds is 7. The van der Waals surface area contributed by atoms with Gasteiger partial charge in [0.2, 0.25) is 0 Å². The zero-order valence-electron chi connectivity index (χ0n) is 15.0. The topological polar surface area (TPSA) is 105 Å². The van der Waals surface area contributed by atoms with Gasteiger partial charge in [-0.1, -0.05) is 17.7 Å². The van der Waals surface area contributed by atoms with E-state index in [2.05, 4.69) is 26.1 Å². The van der Waals surface area contributed by atoms with Crippen LogP contribution in [0.2, 0.25) is 5.02 Å². The van der Waals surface area contributed by atoms with E-state index >= 15 is 0 Å². The van der Waals surface area contributed by atoms with Gasteiger partial charge in [-0.25, -0.2) is 9.59 Å². The zero-order chi connectivity index (χ0) is 19.5. The number of aryl methyl sites for hydroxylation is 1. The van der Waals surface area contributed by atoms with Crippen LogP contribution >= 0.6 is 11.6 Å². The van der Waals surface area contributed by atoms with Crippen molar-refractivity contribution >= 4 is 23.5 Å². The first kappa shape index (κ1) is 23.2. The Balaban J connectivity index is 0.000000823. The Kier molecular flexibility index (Phi) is 10.8. The van der Waals surface area contributed by atoms with E-state index in [-0.39, 0.29) is 5.54 Å². The number of hydrogen-bond donors (Lipinski definition) is 3. The fraction of sp³-hybridized carbons (Fsp3) is 0.529. The molecule has 0 bridgehead atoms. The predicted octanol–water partition coefficient (Wildman–Crippen LogP) is 2.59. The van der Waals surface area contributed by atoms with Crippen molar-refractivity contribution in [3.05, 3.63) is 28.8 Å². The molecule has 25 heavy (non-hydrogen) atoms. The first-order chi connectivity index (χ1) is 11.5. The highest BCUT2D eigenvalue weighted by molar-refractivity contribution is 6.32. The Morgan fingerprint density at radius 3 is 2.24 bits per heavy atom. The summed E-state index contributed by atoms with van der Waals surface area (Å²) in [6.07, 6.45) is 0. The van der Waals surface area contributed by atoms with Gasteiger partial charge in [-0.2, -0.15) is 0 Å². The third-order valence-electron chi connectivity index (χ3n) is 2.66. The van der Waals surface area contributed by atoms with Gasteiger partial charge in [-0.05, 0) is 45.4 Å². The number of halogens is 1. The van der Waals surface area contributed by atoms with Crippen molar-refractivity contribution in [2.75, 3.05) is 26.4 Å². The van der Waals surface area contributed by atoms with Gasteiger partial charge in [0.25, 0.3) is 0 Å². The van der Waals surface area contributed by atoms with Gasteiger partial charge in [0.1, 0.15) is 12.4 Å². The summed E-state index contributed by atoms with van der Waals surface area (Å²) in [6.45, 7) is 11.0. The third kappa shape index (κ3) is 13.2. The molecule has 0 aliphatic carbocycles. The minimum atomic E-state index is -1.82. The molecule has 0 aliphatic rings. The van der Waals surface area contributed by atoms with Gasteiger partial charge in [0, 0.05) is 12.1 Å². The van der Waals surface area contributed by atoms with Crippen molar-refractivity contribution in [3.8, 4) is 5.75 Å². The molecule has 0 spiro atoms. The Morgan fingerprint density at radius 1 is 1.12 bits per heavy atom. The fourth-order valence-electron chi connectivity index (χ4n) is 1.53. The molecule has 0 atom stereocenters. The second-order valence-corrected chi connectivity index (χ2v) is 6.59. The highest BCUT2D eigenvalue weighted by Crippen LogP contribution is 2.24. The van der Waals surface area contributed by atoms with E-state index < -0.39 is 11.9 Å². The molecule has 7 nitrogen and oxygen atoms in total. The van der Waals surface area contributed by atoms with E-state index in [0.29, 0.717) is 24.8 Å². The van der Waals surface area contributed by atoms with Gasteiger partial charge in [-0.3, -0.25) is 0 Å². The van der Waals surface area contributed by atoms with E-state index in [4.69, 9.17) is 40.9 Å². The van der Waals surface area contributed by atoms with Crippen LogP contribution in [0.4, 0.5) is 0 Å². The molecule has 3 N–H and O–H groups in total. The van der Waals surface area contributed by atoms with E-state index in [1.807, 2.05) is 25.1 Å². The summed E-state index contributed by atoms with van der Waals surface area (Å²) in [5.41, 5.74) is 1.27. The summed E-state index contributed by atoms with van der Waals surface area (Å²) in [6, 6.07) is 5.74. The summed E-state index contributed by atoms with van der Waals surface area (Å²) in [7, 11) is 0. The van der Waals surface area contributed by atoms with Crippen LogP contribution in [-0.2, 0) is 14.3 Å². The zero-order valence-corrected chi connectivity index (χ0v) is 15.7. The molecule has 0 heterocycles. The van der Waals surface area contributed by atoms with E-state index in [1.165, 1.54) is 0 Å². The second kappa shape index (κ2) is 11.7. The lowest BCUT2D eigenvalue weighted by atomic mass is 10.1. The van der Waals surface area contributed by atoms with E-state index in [9.17, 15) is 0 Å². The first-order valence-corrected chi connectivity index (χ1v) is 8.08. The van der Waals surface area contributed by atoms with Crippen LogP contribution in [0, 0.1) is 6.92 Å². The quantitative estimate of drug-likeness (QED) is 0.497. The van der Waals surface area contributed by atoms with Crippen molar-refractivity contribution in [2.24, 2.45) is 0 Å². The summed E-state index contributed by atoms with van der Waals surface area (Å²) >= 11 is 6.03. The van der Waals surface area contributed by atoms with Crippen LogP contribution in [-0.4, -0.2) is 54.1 Å². The van der Waals surface area contributed by atoms with Crippen molar-refractivity contribution in [2.45, 2.75) is 33.2 Å². The number of ether oxygens (including phenoxy) is 2. The number of aliphatic carboxylic acids is 2. The third-order valence-corrected chi connectivity index (χ3v) is 2.97. The summed E-state index contributed by atoms with van der Waals surface area (Å²) in [4.78, 5) is 18.2. The molecule has 1 rings (SSSR count). The molecular weight excluding hydrogens is 350 g/mol. The number of benzene rings is 1. The van der Waals surface area contributed by atoms with Crippen LogP contribution in [0.5, 0.6) is 5.75 Å². The van der Waals surface area contributed by atoms with E-state index in [1.54, 1.807) is 0 Å². The van der Waals surface area contributed by atoms with Crippen molar-refractivity contribution in [1.29, 1.82) is 0 Å². The van der Waals surface area contributed by atoms with Crippen LogP contribution in [0.3, 0.4) is 0 Å². The minimum absolute atomic E-state index is 0.134. The van der Waals surface area contributed by atoms with Gasteiger partial charge >= 0.3 is 11.9 Å². The lowest BCUT2D eigenvalue weighted by molar-refractivity contribution is -0.159. The Bertz CT molecular complexity index is 545. The van der Waals surface area contributed by atoms with Gasteiger partial charge < -0.3 is 25.0 Å². The molecule has 1 aromatic rings. The molecule has 0 saturated carbocycles. The average Bonchev–Trinajstić information content (AvgIpc) is 2.49. The van der Waals surface area contributed by atoms with Crippen LogP contribution in [0.25, 0.3) is 0 Å². The van der Waals surface area contributed by atoms with Gasteiger partial charge in [-0.15, -0.1) is 0 Å². The number of carbonyl (C=O) groups is 2. The molecule has 0 aromatic heterocycles. The van der Waals surface area contributed by atoms with Crippen molar-refractivity contribution < 1.29 is 29.3 Å². The highest BCUT2D eigenvalue weighted by atomic mass is 35.5. The number of hydrogen-bond acceptors (Lipinski definition) is 5. The monoisotopic (exact) mass is 375 g/mol. The lowest BCUT2D eigenvalue weighted by Crippen LogP contribution is -2.38. The maximum Gasteiger partial charge on any atom is 0.414 e. The number of nitrogens with one attached hydrogen (secondary N) is 1. The highest BCUT2D eigenvalue weighted by Gasteiger charge is 2.07. The summed E-state index contributed by atoms with van der Waals surface area (Å²) in [5.74, 6) is -2.93. The first-order valence-electron chi connectivity index (χ1n) is 7.71. The molecular formula is C17H26ClNO6. The standard InChI is InChI=1S/C15H24ClNO2.C2H2O4/c1-12-5-6-13(16)14(11-12)19-10-9-18-8-7-17-15(2,3)4;3-1(4)2(5)6/h5-6,11,17H,7-10H2,1-4H3;(H,3,4)(H,5,6). The normalized spacial score (nSPS) is 10.6. The molecule has 0 fully saturated rings. The second-order valence-electron chi connectivity index (χ2n) is 6.18.